The minimum absolute atomic E-state index is 0.0828. The number of rotatable bonds is 6. The molecule has 2 fully saturated rings. The van der Waals surface area contributed by atoms with E-state index in [0.29, 0.717) is 22.3 Å². The van der Waals surface area contributed by atoms with Crippen molar-refractivity contribution in [2.24, 2.45) is 23.7 Å². The van der Waals surface area contributed by atoms with E-state index in [1.807, 2.05) is 12.1 Å². The predicted molar refractivity (Wildman–Crippen MR) is 164 cm³/mol. The number of fused-ring (bicyclic) bond motifs is 4. The lowest BCUT2D eigenvalue weighted by Crippen LogP contribution is -2.58. The Morgan fingerprint density at radius 1 is 0.913 bits per heavy atom. The van der Waals surface area contributed by atoms with Gasteiger partial charge in [-0.25, -0.2) is 4.39 Å². The first kappa shape index (κ1) is 29.5. The van der Waals surface area contributed by atoms with Crippen LogP contribution in [0.3, 0.4) is 0 Å². The first-order chi connectivity index (χ1) is 22.1. The third-order valence-electron chi connectivity index (χ3n) is 10.3. The summed E-state index contributed by atoms with van der Waals surface area (Å²) in [5.74, 6) is -8.32. The highest BCUT2D eigenvalue weighted by Gasteiger charge is 2.65. The maximum atomic E-state index is 15.1. The summed E-state index contributed by atoms with van der Waals surface area (Å²) < 4.78 is 15.1. The molecule has 3 aliphatic carbocycles. The van der Waals surface area contributed by atoms with Gasteiger partial charge in [-0.1, -0.05) is 78.4 Å². The van der Waals surface area contributed by atoms with Crippen molar-refractivity contribution in [3.05, 3.63) is 119 Å². The van der Waals surface area contributed by atoms with Crippen molar-refractivity contribution >= 4 is 34.9 Å². The molecule has 1 saturated heterocycles. The standard InChI is InChI=1S/C37H30FNO7/c38-28-17-21(11-14-29(28)40)33-23-12-13-24-32(36(46)39(35(24)45)16-15-31(42)43)26(23)18-27-34(44)25(20-7-3-1-4-8-20)19-30(41)37(27,33)22-9-5-2-6-10-22/h1-12,14,17,19,24,26-27,32-33,40H,13,15-16,18H2,(H,42,43). The monoisotopic (exact) mass is 619 g/mol. The molecule has 0 spiro atoms. The number of ketones is 2. The van der Waals surface area contributed by atoms with Crippen LogP contribution in [0, 0.1) is 29.5 Å². The molecule has 0 radical (unpaired) electrons. The normalized spacial score (nSPS) is 28.6. The van der Waals surface area contributed by atoms with Gasteiger partial charge in [0.05, 0.1) is 23.7 Å². The number of nitrogens with zero attached hydrogens (tertiary/aromatic N) is 1. The van der Waals surface area contributed by atoms with Crippen molar-refractivity contribution in [2.45, 2.75) is 30.6 Å². The minimum Gasteiger partial charge on any atom is -0.505 e. The highest BCUT2D eigenvalue weighted by molar-refractivity contribution is 6.31. The molecule has 46 heavy (non-hydrogen) atoms. The van der Waals surface area contributed by atoms with Crippen LogP contribution in [0.1, 0.15) is 41.9 Å². The molecular weight excluding hydrogens is 589 g/mol. The largest absolute Gasteiger partial charge is 0.505 e. The molecule has 2 amide bonds. The zero-order chi connectivity index (χ0) is 32.3. The first-order valence-corrected chi connectivity index (χ1v) is 15.3. The molecule has 0 aromatic heterocycles. The van der Waals surface area contributed by atoms with Gasteiger partial charge in [0.1, 0.15) is 0 Å². The lowest BCUT2D eigenvalue weighted by molar-refractivity contribution is -0.142. The van der Waals surface area contributed by atoms with Crippen molar-refractivity contribution in [1.29, 1.82) is 0 Å². The van der Waals surface area contributed by atoms with E-state index in [0.717, 1.165) is 4.90 Å². The number of halogens is 1. The number of phenolic OH excluding ortho intramolecular Hbond substituents is 1. The van der Waals surface area contributed by atoms with Crippen molar-refractivity contribution < 1.29 is 38.6 Å². The van der Waals surface area contributed by atoms with Crippen LogP contribution in [0.5, 0.6) is 5.75 Å². The number of carbonyl (C=O) groups excluding carboxylic acids is 4. The number of allylic oxidation sites excluding steroid dienone is 4. The molecule has 4 aliphatic rings. The molecule has 3 aromatic rings. The van der Waals surface area contributed by atoms with Crippen LogP contribution in [-0.2, 0) is 29.4 Å². The summed E-state index contributed by atoms with van der Waals surface area (Å²) in [6.45, 7) is -0.260. The number of amides is 2. The van der Waals surface area contributed by atoms with Gasteiger partial charge in [-0.3, -0.25) is 28.9 Å². The molecule has 1 saturated carbocycles. The molecule has 232 valence electrons. The molecule has 3 aromatic carbocycles. The summed E-state index contributed by atoms with van der Waals surface area (Å²) in [5.41, 5.74) is 0.892. The van der Waals surface area contributed by atoms with E-state index in [4.69, 9.17) is 0 Å². The number of hydrogen-bond acceptors (Lipinski definition) is 6. The van der Waals surface area contributed by atoms with Gasteiger partial charge in [-0.05, 0) is 53.7 Å². The van der Waals surface area contributed by atoms with Gasteiger partial charge in [-0.15, -0.1) is 0 Å². The van der Waals surface area contributed by atoms with Gasteiger partial charge in [0.15, 0.2) is 23.1 Å². The van der Waals surface area contributed by atoms with E-state index in [1.54, 1.807) is 54.6 Å². The number of hydrogen-bond donors (Lipinski definition) is 2. The minimum atomic E-state index is -1.51. The van der Waals surface area contributed by atoms with Gasteiger partial charge in [-0.2, -0.15) is 0 Å². The van der Waals surface area contributed by atoms with Gasteiger partial charge in [0.2, 0.25) is 11.8 Å². The quantitative estimate of drug-likeness (QED) is 0.299. The highest BCUT2D eigenvalue weighted by atomic mass is 19.1. The molecule has 7 rings (SSSR count). The van der Waals surface area contributed by atoms with Gasteiger partial charge >= 0.3 is 5.97 Å². The molecule has 1 heterocycles. The van der Waals surface area contributed by atoms with Crippen LogP contribution < -0.4 is 0 Å². The summed E-state index contributed by atoms with van der Waals surface area (Å²) in [6, 6.07) is 21.7. The Hall–Kier alpha value is -5.18. The number of aromatic hydroxyl groups is 1. The number of Topliss-reactive ketones (excluding diaryl/α,β-unsaturated/α-hetero) is 1. The van der Waals surface area contributed by atoms with Crippen LogP contribution >= 0.6 is 0 Å². The SMILES string of the molecule is O=C(O)CCN1C(=O)C2CC=C3C(CC4C(=O)C(c5ccccc5)=CC(=O)C4(c4ccccc4)C3c3ccc(O)c(F)c3)C2C1=O. The first-order valence-electron chi connectivity index (χ1n) is 15.3. The zero-order valence-corrected chi connectivity index (χ0v) is 24.6. The van der Waals surface area contributed by atoms with Crippen molar-refractivity contribution in [1.82, 2.24) is 4.90 Å². The van der Waals surface area contributed by atoms with E-state index >= 15 is 4.39 Å². The van der Waals surface area contributed by atoms with Crippen molar-refractivity contribution in [3.63, 3.8) is 0 Å². The van der Waals surface area contributed by atoms with Gasteiger partial charge in [0, 0.05) is 24.0 Å². The number of phenols is 1. The number of benzene rings is 3. The summed E-state index contributed by atoms with van der Waals surface area (Å²) in [7, 11) is 0. The molecule has 8 nitrogen and oxygen atoms in total. The second-order valence-corrected chi connectivity index (χ2v) is 12.5. The van der Waals surface area contributed by atoms with E-state index < -0.39 is 70.8 Å². The summed E-state index contributed by atoms with van der Waals surface area (Å²) in [4.78, 5) is 69.3. The average Bonchev–Trinajstić information content (AvgIpc) is 3.31. The predicted octanol–water partition coefficient (Wildman–Crippen LogP) is 4.83. The Morgan fingerprint density at radius 2 is 1.61 bits per heavy atom. The molecule has 0 bridgehead atoms. The fourth-order valence-corrected chi connectivity index (χ4v) is 8.45. The summed E-state index contributed by atoms with van der Waals surface area (Å²) >= 11 is 0. The van der Waals surface area contributed by atoms with Crippen LogP contribution in [0.4, 0.5) is 4.39 Å². The Kier molecular flexibility index (Phi) is 7.07. The fraction of sp³-hybridized carbons (Fsp3) is 0.270. The number of carbonyl (C=O) groups is 5. The van der Waals surface area contributed by atoms with E-state index in [9.17, 15) is 34.2 Å². The lowest BCUT2D eigenvalue weighted by Gasteiger charge is -2.55. The van der Waals surface area contributed by atoms with Crippen molar-refractivity contribution in [2.75, 3.05) is 6.54 Å². The molecule has 6 atom stereocenters. The third kappa shape index (κ3) is 4.29. The van der Waals surface area contributed by atoms with E-state index in [2.05, 4.69) is 0 Å². The third-order valence-corrected chi connectivity index (χ3v) is 10.3. The Bertz CT molecular complexity index is 1870. The topological polar surface area (TPSA) is 129 Å². The van der Waals surface area contributed by atoms with E-state index in [-0.39, 0.29) is 36.5 Å². The second-order valence-electron chi connectivity index (χ2n) is 12.5. The van der Waals surface area contributed by atoms with Crippen molar-refractivity contribution in [3.8, 4) is 5.75 Å². The molecular formula is C37H30FNO7. The maximum absolute atomic E-state index is 15.1. The Balaban J connectivity index is 1.47. The zero-order valence-electron chi connectivity index (χ0n) is 24.6. The smallest absolute Gasteiger partial charge is 0.305 e. The number of carboxylic acid groups (broad SMARTS) is 1. The number of carboxylic acids is 1. The van der Waals surface area contributed by atoms with Gasteiger partial charge in [0.25, 0.3) is 0 Å². The lowest BCUT2D eigenvalue weighted by atomic mass is 9.44. The van der Waals surface area contributed by atoms with Crippen LogP contribution in [0.2, 0.25) is 0 Å². The van der Waals surface area contributed by atoms with Crippen LogP contribution in [-0.4, -0.2) is 51.0 Å². The van der Waals surface area contributed by atoms with Gasteiger partial charge < -0.3 is 10.2 Å². The average molecular weight is 620 g/mol. The number of imide groups is 1. The van der Waals surface area contributed by atoms with Crippen LogP contribution in [0.15, 0.2) is 96.6 Å². The number of aliphatic carboxylic acids is 1. The molecule has 1 aliphatic heterocycles. The summed E-state index contributed by atoms with van der Waals surface area (Å²) in [5, 5.41) is 19.4. The molecule has 6 unspecified atom stereocenters. The molecule has 9 heteroatoms. The highest BCUT2D eigenvalue weighted by Crippen LogP contribution is 2.63. The Labute approximate surface area is 263 Å². The summed E-state index contributed by atoms with van der Waals surface area (Å²) in [6.07, 6.45) is 3.09. The van der Waals surface area contributed by atoms with E-state index in [1.165, 1.54) is 24.3 Å². The molecule has 2 N–H and O–H groups in total. The fourth-order valence-electron chi connectivity index (χ4n) is 8.45. The number of likely N-dealkylation sites (tertiary alicyclic amines) is 1. The Morgan fingerprint density at radius 3 is 2.28 bits per heavy atom. The maximum Gasteiger partial charge on any atom is 0.305 e. The van der Waals surface area contributed by atoms with Crippen LogP contribution in [0.25, 0.3) is 5.57 Å². The second kappa shape index (κ2) is 11.0.